The predicted octanol–water partition coefficient (Wildman–Crippen LogP) is 3.57. The summed E-state index contributed by atoms with van der Waals surface area (Å²) in [5.74, 6) is 4.58. The summed E-state index contributed by atoms with van der Waals surface area (Å²) in [6.45, 7) is 7.42. The molecule has 1 aromatic carbocycles. The number of hydrogen-bond donors (Lipinski definition) is 0. The number of nitrogens with zero attached hydrogens (tertiary/aromatic N) is 2. The second kappa shape index (κ2) is 6.20. The van der Waals surface area contributed by atoms with Crippen molar-refractivity contribution in [3.8, 4) is 11.5 Å². The summed E-state index contributed by atoms with van der Waals surface area (Å²) in [5, 5.41) is 8.21. The Labute approximate surface area is 134 Å². The van der Waals surface area contributed by atoms with Gasteiger partial charge < -0.3 is 13.9 Å². The Kier molecular flexibility index (Phi) is 4.29. The van der Waals surface area contributed by atoms with Crippen LogP contribution in [0.3, 0.4) is 0 Å². The molecule has 0 saturated carbocycles. The molecule has 1 aliphatic heterocycles. The first-order valence-electron chi connectivity index (χ1n) is 7.31. The summed E-state index contributed by atoms with van der Waals surface area (Å²) < 4.78 is 16.8. The van der Waals surface area contributed by atoms with Crippen LogP contribution >= 0.6 is 11.8 Å². The SMILES string of the molecule is CC(C)(C)c1nnc(CSCc2ccc3c(c2)OCCO3)o1. The lowest BCUT2D eigenvalue weighted by Crippen LogP contribution is -2.15. The highest BCUT2D eigenvalue weighted by Crippen LogP contribution is 2.32. The van der Waals surface area contributed by atoms with Gasteiger partial charge in [-0.2, -0.15) is 0 Å². The molecule has 2 heterocycles. The molecule has 2 aromatic rings. The van der Waals surface area contributed by atoms with Gasteiger partial charge in [0.15, 0.2) is 11.5 Å². The lowest BCUT2D eigenvalue weighted by atomic mass is 9.97. The number of aromatic nitrogens is 2. The van der Waals surface area contributed by atoms with Crippen molar-refractivity contribution in [3.05, 3.63) is 35.5 Å². The Morgan fingerprint density at radius 1 is 1.05 bits per heavy atom. The molecule has 3 rings (SSSR count). The molecule has 6 heteroatoms. The molecule has 0 aliphatic carbocycles. The van der Waals surface area contributed by atoms with Crippen LogP contribution < -0.4 is 9.47 Å². The van der Waals surface area contributed by atoms with Crippen molar-refractivity contribution >= 4 is 11.8 Å². The van der Waals surface area contributed by atoms with Crippen LogP contribution in [0.4, 0.5) is 0 Å². The molecule has 0 amide bonds. The van der Waals surface area contributed by atoms with E-state index >= 15 is 0 Å². The molecule has 0 atom stereocenters. The Balaban J connectivity index is 1.56. The quantitative estimate of drug-likeness (QED) is 0.858. The second-order valence-electron chi connectivity index (χ2n) is 6.22. The second-order valence-corrected chi connectivity index (χ2v) is 7.21. The number of ether oxygens (including phenoxy) is 2. The number of rotatable bonds is 4. The minimum absolute atomic E-state index is 0.105. The summed E-state index contributed by atoms with van der Waals surface area (Å²) >= 11 is 1.74. The first-order valence-corrected chi connectivity index (χ1v) is 8.47. The van der Waals surface area contributed by atoms with E-state index in [1.807, 2.05) is 12.1 Å². The third-order valence-electron chi connectivity index (χ3n) is 3.21. The van der Waals surface area contributed by atoms with E-state index in [0.29, 0.717) is 30.7 Å². The number of fused-ring (bicyclic) bond motifs is 1. The van der Waals surface area contributed by atoms with Crippen molar-refractivity contribution in [2.75, 3.05) is 13.2 Å². The van der Waals surface area contributed by atoms with Gasteiger partial charge in [0.05, 0.1) is 5.75 Å². The van der Waals surface area contributed by atoms with Gasteiger partial charge in [-0.3, -0.25) is 0 Å². The van der Waals surface area contributed by atoms with Gasteiger partial charge in [0.1, 0.15) is 13.2 Å². The van der Waals surface area contributed by atoms with E-state index in [9.17, 15) is 0 Å². The summed E-state index contributed by atoms with van der Waals surface area (Å²) in [5.41, 5.74) is 1.09. The maximum Gasteiger partial charge on any atom is 0.226 e. The van der Waals surface area contributed by atoms with E-state index in [4.69, 9.17) is 13.9 Å². The van der Waals surface area contributed by atoms with E-state index in [2.05, 4.69) is 37.0 Å². The minimum atomic E-state index is -0.105. The summed E-state index contributed by atoms with van der Waals surface area (Å²) in [6.07, 6.45) is 0. The third-order valence-corrected chi connectivity index (χ3v) is 4.20. The third kappa shape index (κ3) is 3.55. The highest BCUT2D eigenvalue weighted by Gasteiger charge is 2.21. The standard InChI is InChI=1S/C16H20N2O3S/c1-16(2,3)15-18-17-14(21-15)10-22-9-11-4-5-12-13(8-11)20-7-6-19-12/h4-5,8H,6-7,9-10H2,1-3H3. The van der Waals surface area contributed by atoms with E-state index in [1.165, 1.54) is 5.56 Å². The van der Waals surface area contributed by atoms with Crippen molar-refractivity contribution in [1.82, 2.24) is 10.2 Å². The Hall–Kier alpha value is -1.69. The molecule has 0 bridgehead atoms. The van der Waals surface area contributed by atoms with E-state index in [-0.39, 0.29) is 5.41 Å². The molecule has 22 heavy (non-hydrogen) atoms. The number of hydrogen-bond acceptors (Lipinski definition) is 6. The highest BCUT2D eigenvalue weighted by molar-refractivity contribution is 7.97. The molecule has 0 N–H and O–H groups in total. The van der Waals surface area contributed by atoms with Gasteiger partial charge in [-0.15, -0.1) is 22.0 Å². The maximum atomic E-state index is 5.69. The molecule has 0 saturated heterocycles. The molecular weight excluding hydrogens is 300 g/mol. The number of thioether (sulfide) groups is 1. The van der Waals surface area contributed by atoms with Crippen LogP contribution in [0.1, 0.15) is 38.1 Å². The lowest BCUT2D eigenvalue weighted by molar-refractivity contribution is 0.171. The zero-order valence-electron chi connectivity index (χ0n) is 13.1. The summed E-state index contributed by atoms with van der Waals surface area (Å²) in [6, 6.07) is 6.07. The fourth-order valence-corrected chi connectivity index (χ4v) is 2.86. The molecule has 1 aromatic heterocycles. The maximum absolute atomic E-state index is 5.69. The van der Waals surface area contributed by atoms with Gasteiger partial charge in [-0.05, 0) is 17.7 Å². The molecule has 0 fully saturated rings. The average Bonchev–Trinajstić information content (AvgIpc) is 2.96. The number of benzene rings is 1. The average molecular weight is 320 g/mol. The van der Waals surface area contributed by atoms with E-state index < -0.39 is 0 Å². The van der Waals surface area contributed by atoms with Crippen LogP contribution in [0.25, 0.3) is 0 Å². The fraction of sp³-hybridized carbons (Fsp3) is 0.500. The molecule has 0 unspecified atom stereocenters. The first-order chi connectivity index (χ1) is 10.5. The van der Waals surface area contributed by atoms with Crippen molar-refractivity contribution in [2.45, 2.75) is 37.7 Å². The van der Waals surface area contributed by atoms with Gasteiger partial charge in [-0.1, -0.05) is 26.8 Å². The Bertz CT molecular complexity index is 649. The van der Waals surface area contributed by atoms with E-state index in [1.54, 1.807) is 11.8 Å². The normalized spacial score (nSPS) is 14.1. The first kappa shape index (κ1) is 15.2. The fourth-order valence-electron chi connectivity index (χ4n) is 2.05. The summed E-state index contributed by atoms with van der Waals surface area (Å²) in [7, 11) is 0. The van der Waals surface area contributed by atoms with Crippen LogP contribution in [0.5, 0.6) is 11.5 Å². The van der Waals surface area contributed by atoms with Crippen LogP contribution in [-0.4, -0.2) is 23.4 Å². The van der Waals surface area contributed by atoms with Crippen molar-refractivity contribution in [1.29, 1.82) is 0 Å². The molecule has 0 spiro atoms. The van der Waals surface area contributed by atoms with Gasteiger partial charge in [-0.25, -0.2) is 0 Å². The zero-order chi connectivity index (χ0) is 15.6. The molecule has 118 valence electrons. The van der Waals surface area contributed by atoms with Crippen LogP contribution in [0.2, 0.25) is 0 Å². The molecule has 5 nitrogen and oxygen atoms in total. The minimum Gasteiger partial charge on any atom is -0.486 e. The lowest BCUT2D eigenvalue weighted by Gasteiger charge is -2.18. The van der Waals surface area contributed by atoms with Gasteiger partial charge in [0.25, 0.3) is 0 Å². The van der Waals surface area contributed by atoms with Crippen LogP contribution in [-0.2, 0) is 16.9 Å². The van der Waals surface area contributed by atoms with Crippen molar-refractivity contribution in [3.63, 3.8) is 0 Å². The van der Waals surface area contributed by atoms with Crippen molar-refractivity contribution in [2.24, 2.45) is 0 Å². The van der Waals surface area contributed by atoms with Crippen LogP contribution in [0, 0.1) is 0 Å². The molecule has 0 radical (unpaired) electrons. The predicted molar refractivity (Wildman–Crippen MR) is 85.4 cm³/mol. The van der Waals surface area contributed by atoms with Gasteiger partial charge >= 0.3 is 0 Å². The zero-order valence-corrected chi connectivity index (χ0v) is 13.9. The van der Waals surface area contributed by atoms with Gasteiger partial charge in [0.2, 0.25) is 11.8 Å². The summed E-state index contributed by atoms with van der Waals surface area (Å²) in [4.78, 5) is 0. The molecular formula is C16H20N2O3S. The van der Waals surface area contributed by atoms with Crippen molar-refractivity contribution < 1.29 is 13.9 Å². The van der Waals surface area contributed by atoms with Gasteiger partial charge in [0, 0.05) is 11.2 Å². The molecule has 1 aliphatic rings. The van der Waals surface area contributed by atoms with E-state index in [0.717, 1.165) is 17.3 Å². The van der Waals surface area contributed by atoms with Crippen LogP contribution in [0.15, 0.2) is 22.6 Å². The monoisotopic (exact) mass is 320 g/mol. The topological polar surface area (TPSA) is 57.4 Å². The smallest absolute Gasteiger partial charge is 0.226 e. The Morgan fingerprint density at radius 3 is 2.55 bits per heavy atom. The largest absolute Gasteiger partial charge is 0.486 e. The Morgan fingerprint density at radius 2 is 1.82 bits per heavy atom. The highest BCUT2D eigenvalue weighted by atomic mass is 32.2.